The molecule has 0 aromatic heterocycles. The third-order valence-corrected chi connectivity index (χ3v) is 5.77. The number of esters is 1. The molecule has 0 radical (unpaired) electrons. The molecule has 1 aromatic carbocycles. The lowest BCUT2D eigenvalue weighted by molar-refractivity contribution is -0.145. The van der Waals surface area contributed by atoms with Gasteiger partial charge in [-0.15, -0.1) is 0 Å². The predicted molar refractivity (Wildman–Crippen MR) is 126 cm³/mol. The first-order valence-corrected chi connectivity index (χ1v) is 12.1. The first kappa shape index (κ1) is 25.5. The molecule has 0 spiro atoms. The highest BCUT2D eigenvalue weighted by Crippen LogP contribution is 2.18. The van der Waals surface area contributed by atoms with E-state index in [1.807, 2.05) is 37.3 Å². The van der Waals surface area contributed by atoms with E-state index < -0.39 is 0 Å². The van der Waals surface area contributed by atoms with E-state index in [2.05, 4.69) is 13.5 Å². The normalized spacial score (nSPS) is 11.9. The van der Waals surface area contributed by atoms with Crippen molar-refractivity contribution in [3.63, 3.8) is 0 Å². The summed E-state index contributed by atoms with van der Waals surface area (Å²) in [6.07, 6.45) is 20.5. The molecule has 1 aromatic rings. The third-order valence-electron chi connectivity index (χ3n) is 5.77. The molecule has 2 nitrogen and oxygen atoms in total. The van der Waals surface area contributed by atoms with E-state index in [1.165, 1.54) is 77.0 Å². The fraction of sp³-hybridized carbons (Fsp3) is 0.667. The molecule has 0 fully saturated rings. The molecule has 1 unspecified atom stereocenters. The van der Waals surface area contributed by atoms with E-state index in [-0.39, 0.29) is 11.9 Å². The number of unbranched alkanes of at least 4 members (excludes halogenated alkanes) is 13. The second-order valence-electron chi connectivity index (χ2n) is 8.36. The van der Waals surface area contributed by atoms with E-state index >= 15 is 0 Å². The number of hydrogen-bond donors (Lipinski definition) is 0. The molecule has 0 saturated heterocycles. The van der Waals surface area contributed by atoms with E-state index in [0.717, 1.165) is 24.0 Å². The van der Waals surface area contributed by atoms with E-state index in [9.17, 15) is 4.79 Å². The summed E-state index contributed by atoms with van der Waals surface area (Å²) in [5.74, 6) is -0.327. The van der Waals surface area contributed by atoms with Gasteiger partial charge >= 0.3 is 5.97 Å². The molecule has 0 aliphatic carbocycles. The van der Waals surface area contributed by atoms with Crippen LogP contribution in [0.25, 0.3) is 6.08 Å². The standard InChI is InChI=1S/C27H44O2/c1-4-6-7-8-9-10-11-12-13-14-15-16-17-18-23-29-27(28)24(3)26-21-19-25(5-2)20-22-26/h5,19-22,24H,2,4,6-18,23H2,1,3H3. The molecular weight excluding hydrogens is 356 g/mol. The average Bonchev–Trinajstić information content (AvgIpc) is 2.75. The Kier molecular flexibility index (Phi) is 15.2. The maximum absolute atomic E-state index is 12.2. The van der Waals surface area contributed by atoms with E-state index in [0.29, 0.717) is 6.61 Å². The van der Waals surface area contributed by atoms with Gasteiger partial charge in [0.25, 0.3) is 0 Å². The fourth-order valence-corrected chi connectivity index (χ4v) is 3.65. The van der Waals surface area contributed by atoms with Crippen molar-refractivity contribution >= 4 is 12.0 Å². The summed E-state index contributed by atoms with van der Waals surface area (Å²) in [7, 11) is 0. The van der Waals surface area contributed by atoms with Crippen molar-refractivity contribution in [2.24, 2.45) is 0 Å². The number of benzene rings is 1. The number of carbonyl (C=O) groups excluding carboxylic acids is 1. The number of hydrogen-bond acceptors (Lipinski definition) is 2. The van der Waals surface area contributed by atoms with Crippen LogP contribution in [0.3, 0.4) is 0 Å². The lowest BCUT2D eigenvalue weighted by Crippen LogP contribution is -2.14. The zero-order valence-electron chi connectivity index (χ0n) is 19.1. The molecule has 0 aliphatic heterocycles. The zero-order valence-corrected chi connectivity index (χ0v) is 19.1. The van der Waals surface area contributed by atoms with Crippen LogP contribution in [0.1, 0.15) is 121 Å². The largest absolute Gasteiger partial charge is 0.465 e. The van der Waals surface area contributed by atoms with Crippen LogP contribution < -0.4 is 0 Å². The molecule has 0 heterocycles. The van der Waals surface area contributed by atoms with Crippen molar-refractivity contribution in [2.75, 3.05) is 6.61 Å². The first-order chi connectivity index (χ1) is 14.2. The maximum Gasteiger partial charge on any atom is 0.313 e. The fourth-order valence-electron chi connectivity index (χ4n) is 3.65. The third kappa shape index (κ3) is 12.6. The molecular formula is C27H44O2. The topological polar surface area (TPSA) is 26.3 Å². The molecule has 164 valence electrons. The highest BCUT2D eigenvalue weighted by atomic mass is 16.5. The summed E-state index contributed by atoms with van der Waals surface area (Å²) in [5.41, 5.74) is 2.07. The van der Waals surface area contributed by atoms with Gasteiger partial charge in [0.05, 0.1) is 12.5 Å². The zero-order chi connectivity index (χ0) is 21.2. The van der Waals surface area contributed by atoms with Gasteiger partial charge in [0.15, 0.2) is 0 Å². The van der Waals surface area contributed by atoms with Gasteiger partial charge in [-0.2, -0.15) is 0 Å². The Labute approximate surface area is 180 Å². The van der Waals surface area contributed by atoms with Crippen LogP contribution in [0, 0.1) is 0 Å². The van der Waals surface area contributed by atoms with Crippen LogP contribution in [-0.4, -0.2) is 12.6 Å². The Morgan fingerprint density at radius 3 is 1.72 bits per heavy atom. The summed E-state index contributed by atoms with van der Waals surface area (Å²) in [6.45, 7) is 8.49. The van der Waals surface area contributed by atoms with Gasteiger partial charge in [-0.3, -0.25) is 4.79 Å². The van der Waals surface area contributed by atoms with Gasteiger partial charge in [-0.1, -0.05) is 127 Å². The maximum atomic E-state index is 12.2. The van der Waals surface area contributed by atoms with Gasteiger partial charge in [0, 0.05) is 0 Å². The predicted octanol–water partition coefficient (Wildman–Crippen LogP) is 8.46. The monoisotopic (exact) mass is 400 g/mol. The highest BCUT2D eigenvalue weighted by Gasteiger charge is 2.16. The Bertz CT molecular complexity index is 532. The SMILES string of the molecule is C=Cc1ccc(C(C)C(=O)OCCCCCCCCCCCCCCCC)cc1. The van der Waals surface area contributed by atoms with Gasteiger partial charge < -0.3 is 4.74 Å². The molecule has 1 atom stereocenters. The van der Waals surface area contributed by atoms with Gasteiger partial charge in [0.1, 0.15) is 0 Å². The number of carbonyl (C=O) groups is 1. The molecule has 1 rings (SSSR count). The van der Waals surface area contributed by atoms with Crippen molar-refractivity contribution in [3.8, 4) is 0 Å². The number of ether oxygens (including phenoxy) is 1. The molecule has 0 saturated carbocycles. The molecule has 0 amide bonds. The second-order valence-corrected chi connectivity index (χ2v) is 8.36. The molecule has 0 bridgehead atoms. The Hall–Kier alpha value is -1.57. The van der Waals surface area contributed by atoms with Crippen molar-refractivity contribution in [1.82, 2.24) is 0 Å². The van der Waals surface area contributed by atoms with Gasteiger partial charge in [-0.05, 0) is 24.5 Å². The van der Waals surface area contributed by atoms with Gasteiger partial charge in [-0.25, -0.2) is 0 Å². The quantitative estimate of drug-likeness (QED) is 0.182. The molecule has 2 heteroatoms. The Morgan fingerprint density at radius 1 is 0.828 bits per heavy atom. The minimum atomic E-state index is -0.208. The Balaban J connectivity index is 1.92. The second kappa shape index (κ2) is 17.3. The van der Waals surface area contributed by atoms with Crippen LogP contribution in [0.15, 0.2) is 30.8 Å². The van der Waals surface area contributed by atoms with Crippen molar-refractivity contribution in [1.29, 1.82) is 0 Å². The lowest BCUT2D eigenvalue weighted by atomic mass is 10.00. The molecule has 0 aliphatic rings. The summed E-state index contributed by atoms with van der Waals surface area (Å²) < 4.78 is 5.46. The van der Waals surface area contributed by atoms with Crippen LogP contribution >= 0.6 is 0 Å². The summed E-state index contributed by atoms with van der Waals surface area (Å²) in [4.78, 5) is 12.2. The minimum absolute atomic E-state index is 0.119. The van der Waals surface area contributed by atoms with E-state index in [1.54, 1.807) is 0 Å². The first-order valence-electron chi connectivity index (χ1n) is 12.1. The molecule has 29 heavy (non-hydrogen) atoms. The smallest absolute Gasteiger partial charge is 0.313 e. The van der Waals surface area contributed by atoms with Crippen molar-refractivity contribution in [2.45, 2.75) is 110 Å². The van der Waals surface area contributed by atoms with Crippen LogP contribution in [-0.2, 0) is 9.53 Å². The highest BCUT2D eigenvalue weighted by molar-refractivity contribution is 5.77. The van der Waals surface area contributed by atoms with Gasteiger partial charge in [0.2, 0.25) is 0 Å². The van der Waals surface area contributed by atoms with Crippen molar-refractivity contribution in [3.05, 3.63) is 42.0 Å². The van der Waals surface area contributed by atoms with Crippen LogP contribution in [0.2, 0.25) is 0 Å². The summed E-state index contributed by atoms with van der Waals surface area (Å²) in [5, 5.41) is 0. The summed E-state index contributed by atoms with van der Waals surface area (Å²) >= 11 is 0. The van der Waals surface area contributed by atoms with Crippen LogP contribution in [0.5, 0.6) is 0 Å². The number of rotatable bonds is 18. The average molecular weight is 401 g/mol. The minimum Gasteiger partial charge on any atom is -0.465 e. The van der Waals surface area contributed by atoms with E-state index in [4.69, 9.17) is 4.74 Å². The molecule has 0 N–H and O–H groups in total. The van der Waals surface area contributed by atoms with Crippen molar-refractivity contribution < 1.29 is 9.53 Å². The Morgan fingerprint density at radius 2 is 1.28 bits per heavy atom. The lowest BCUT2D eigenvalue weighted by Gasteiger charge is -2.12. The summed E-state index contributed by atoms with van der Waals surface area (Å²) in [6, 6.07) is 7.93. The van der Waals surface area contributed by atoms with Crippen LogP contribution in [0.4, 0.5) is 0 Å².